The smallest absolute Gasteiger partial charge is 0.328 e. The average Bonchev–Trinajstić information content (AvgIpc) is 2.51. The third kappa shape index (κ3) is 11.6. The lowest BCUT2D eigenvalue weighted by Gasteiger charge is -2.15. The summed E-state index contributed by atoms with van der Waals surface area (Å²) in [6.45, 7) is 4.44. The molecule has 0 aromatic heterocycles. The van der Waals surface area contributed by atoms with Crippen LogP contribution in [0.15, 0.2) is 0 Å². The Morgan fingerprint density at radius 3 is 2.09 bits per heavy atom. The van der Waals surface area contributed by atoms with Gasteiger partial charge >= 0.3 is 11.9 Å². The molecule has 1 N–H and O–H groups in total. The fourth-order valence-corrected chi connectivity index (χ4v) is 2.22. The van der Waals surface area contributed by atoms with E-state index < -0.39 is 18.0 Å². The molecule has 0 fully saturated rings. The number of rotatable bonds is 12. The Bertz CT molecular complexity index is 368. The number of amides is 1. The second-order valence-electron chi connectivity index (χ2n) is 6.12. The van der Waals surface area contributed by atoms with E-state index in [9.17, 15) is 14.4 Å². The van der Waals surface area contributed by atoms with Gasteiger partial charge in [0.2, 0.25) is 5.91 Å². The molecule has 0 unspecified atom stereocenters. The van der Waals surface area contributed by atoms with Crippen molar-refractivity contribution in [2.24, 2.45) is 5.92 Å². The fourth-order valence-electron chi connectivity index (χ4n) is 2.22. The molecule has 0 saturated heterocycles. The summed E-state index contributed by atoms with van der Waals surface area (Å²) in [5, 5.41) is 2.54. The first-order valence-corrected chi connectivity index (χ1v) is 8.34. The van der Waals surface area contributed by atoms with Crippen LogP contribution in [0.3, 0.4) is 0 Å². The van der Waals surface area contributed by atoms with Crippen molar-refractivity contribution < 1.29 is 23.9 Å². The second-order valence-corrected chi connectivity index (χ2v) is 6.12. The fraction of sp³-hybridized carbons (Fsp3) is 0.824. The van der Waals surface area contributed by atoms with Crippen molar-refractivity contribution in [3.05, 3.63) is 0 Å². The van der Waals surface area contributed by atoms with Gasteiger partial charge in [-0.15, -0.1) is 0 Å². The van der Waals surface area contributed by atoms with E-state index in [1.165, 1.54) is 33.5 Å². The van der Waals surface area contributed by atoms with Crippen molar-refractivity contribution in [1.29, 1.82) is 0 Å². The van der Waals surface area contributed by atoms with Crippen LogP contribution in [-0.2, 0) is 23.9 Å². The van der Waals surface area contributed by atoms with Crippen LogP contribution in [0.4, 0.5) is 0 Å². The van der Waals surface area contributed by atoms with Gasteiger partial charge in [0.25, 0.3) is 0 Å². The Labute approximate surface area is 139 Å². The molecule has 0 aliphatic carbocycles. The maximum absolute atomic E-state index is 11.9. The topological polar surface area (TPSA) is 81.7 Å². The Hall–Kier alpha value is -1.59. The van der Waals surface area contributed by atoms with Gasteiger partial charge in [-0.1, -0.05) is 46.0 Å². The molecule has 0 rings (SSSR count). The predicted octanol–water partition coefficient (Wildman–Crippen LogP) is 2.59. The summed E-state index contributed by atoms with van der Waals surface area (Å²) in [7, 11) is 2.45. The Kier molecular flexibility index (Phi) is 12.0. The van der Waals surface area contributed by atoms with Crippen LogP contribution < -0.4 is 5.32 Å². The zero-order valence-electron chi connectivity index (χ0n) is 14.9. The molecule has 1 atom stereocenters. The first kappa shape index (κ1) is 21.4. The van der Waals surface area contributed by atoms with Gasteiger partial charge < -0.3 is 14.8 Å². The Balaban J connectivity index is 3.95. The first-order chi connectivity index (χ1) is 10.9. The minimum absolute atomic E-state index is 0.218. The predicted molar refractivity (Wildman–Crippen MR) is 87.7 cm³/mol. The van der Waals surface area contributed by atoms with Crippen LogP contribution in [0.2, 0.25) is 0 Å². The second kappa shape index (κ2) is 12.9. The van der Waals surface area contributed by atoms with E-state index >= 15 is 0 Å². The number of carbonyl (C=O) groups is 3. The van der Waals surface area contributed by atoms with Crippen LogP contribution >= 0.6 is 0 Å². The molecule has 0 spiro atoms. The number of unbranched alkanes of at least 4 members (excludes halogenated alkanes) is 4. The summed E-state index contributed by atoms with van der Waals surface area (Å²) < 4.78 is 9.10. The molecule has 0 saturated carbocycles. The van der Waals surface area contributed by atoms with Gasteiger partial charge in [-0.3, -0.25) is 9.59 Å². The van der Waals surface area contributed by atoms with Crippen LogP contribution in [-0.4, -0.2) is 38.1 Å². The van der Waals surface area contributed by atoms with Crippen molar-refractivity contribution in [3.63, 3.8) is 0 Å². The molecular weight excluding hydrogens is 298 g/mol. The number of hydrogen-bond acceptors (Lipinski definition) is 5. The molecule has 0 aliphatic heterocycles. The zero-order valence-corrected chi connectivity index (χ0v) is 14.9. The van der Waals surface area contributed by atoms with Crippen molar-refractivity contribution in [1.82, 2.24) is 5.32 Å². The Morgan fingerprint density at radius 1 is 0.913 bits per heavy atom. The highest BCUT2D eigenvalue weighted by molar-refractivity contribution is 5.87. The highest BCUT2D eigenvalue weighted by Crippen LogP contribution is 2.11. The lowest BCUT2D eigenvalue weighted by atomic mass is 10.0. The number of esters is 2. The molecule has 0 heterocycles. The van der Waals surface area contributed by atoms with Gasteiger partial charge in [-0.05, 0) is 12.3 Å². The van der Waals surface area contributed by atoms with Crippen molar-refractivity contribution >= 4 is 17.8 Å². The Morgan fingerprint density at radius 2 is 1.52 bits per heavy atom. The largest absolute Gasteiger partial charge is 0.469 e. The molecular formula is C17H31NO5. The monoisotopic (exact) mass is 329 g/mol. The minimum Gasteiger partial charge on any atom is -0.469 e. The summed E-state index contributed by atoms with van der Waals surface area (Å²) in [6, 6.07) is -0.981. The standard InChI is InChI=1S/C17H31NO5/c1-13(2)10-8-6-5-7-9-11-15(19)18-14(17(21)23-4)12-16(20)22-3/h13-14H,5-12H2,1-4H3,(H,18,19)/t14-/m1/s1. The molecule has 134 valence electrons. The molecule has 6 heteroatoms. The molecule has 0 bridgehead atoms. The maximum atomic E-state index is 11.9. The lowest BCUT2D eigenvalue weighted by Crippen LogP contribution is -2.43. The van der Waals surface area contributed by atoms with Gasteiger partial charge in [0.1, 0.15) is 6.04 Å². The van der Waals surface area contributed by atoms with Crippen molar-refractivity contribution in [2.75, 3.05) is 14.2 Å². The molecule has 6 nitrogen and oxygen atoms in total. The molecule has 23 heavy (non-hydrogen) atoms. The number of hydrogen-bond donors (Lipinski definition) is 1. The highest BCUT2D eigenvalue weighted by atomic mass is 16.5. The van der Waals surface area contributed by atoms with Crippen LogP contribution in [0.25, 0.3) is 0 Å². The van der Waals surface area contributed by atoms with E-state index in [1.54, 1.807) is 0 Å². The van der Waals surface area contributed by atoms with Gasteiger partial charge in [0.05, 0.1) is 20.6 Å². The molecule has 0 radical (unpaired) electrons. The number of ether oxygens (including phenoxy) is 2. The van der Waals surface area contributed by atoms with Gasteiger partial charge in [0, 0.05) is 6.42 Å². The lowest BCUT2D eigenvalue weighted by molar-refractivity contribution is -0.150. The van der Waals surface area contributed by atoms with Crippen LogP contribution in [0, 0.1) is 5.92 Å². The minimum atomic E-state index is -0.981. The molecule has 0 aromatic rings. The van der Waals surface area contributed by atoms with E-state index in [0.29, 0.717) is 6.42 Å². The quantitative estimate of drug-likeness (QED) is 0.439. The molecule has 1 amide bonds. The normalized spacial score (nSPS) is 11.9. The summed E-state index contributed by atoms with van der Waals surface area (Å²) >= 11 is 0. The van der Waals surface area contributed by atoms with E-state index in [-0.39, 0.29) is 12.3 Å². The summed E-state index contributed by atoms with van der Waals surface area (Å²) in [4.78, 5) is 34.7. The van der Waals surface area contributed by atoms with Gasteiger partial charge in [-0.2, -0.15) is 0 Å². The van der Waals surface area contributed by atoms with E-state index in [2.05, 4.69) is 28.6 Å². The van der Waals surface area contributed by atoms with Crippen molar-refractivity contribution in [3.8, 4) is 0 Å². The number of nitrogens with one attached hydrogen (secondary N) is 1. The van der Waals surface area contributed by atoms with Gasteiger partial charge in [0.15, 0.2) is 0 Å². The van der Waals surface area contributed by atoms with E-state index in [0.717, 1.165) is 25.2 Å². The molecule has 0 aromatic carbocycles. The van der Waals surface area contributed by atoms with E-state index in [1.807, 2.05) is 0 Å². The average molecular weight is 329 g/mol. The zero-order chi connectivity index (χ0) is 17.7. The third-order valence-corrected chi connectivity index (χ3v) is 3.60. The van der Waals surface area contributed by atoms with Gasteiger partial charge in [-0.25, -0.2) is 4.79 Å². The van der Waals surface area contributed by atoms with Crippen LogP contribution in [0.1, 0.15) is 65.2 Å². The van der Waals surface area contributed by atoms with Crippen molar-refractivity contribution in [2.45, 2.75) is 71.3 Å². The van der Waals surface area contributed by atoms with Crippen LogP contribution in [0.5, 0.6) is 0 Å². The molecule has 0 aliphatic rings. The SMILES string of the molecule is COC(=O)C[C@@H](NC(=O)CCCCCCCC(C)C)C(=O)OC. The number of carbonyl (C=O) groups excluding carboxylic acids is 3. The summed E-state index contributed by atoms with van der Waals surface area (Å²) in [6.07, 6.45) is 6.67. The van der Waals surface area contributed by atoms with E-state index in [4.69, 9.17) is 0 Å². The first-order valence-electron chi connectivity index (χ1n) is 8.34. The highest BCUT2D eigenvalue weighted by Gasteiger charge is 2.24. The maximum Gasteiger partial charge on any atom is 0.328 e. The summed E-state index contributed by atoms with van der Waals surface area (Å²) in [5.74, 6) is -0.708. The summed E-state index contributed by atoms with van der Waals surface area (Å²) in [5.41, 5.74) is 0. The number of methoxy groups -OCH3 is 2. The third-order valence-electron chi connectivity index (χ3n) is 3.60.